The van der Waals surface area contributed by atoms with Crippen molar-refractivity contribution >= 4 is 5.78 Å². The first-order valence-electron chi connectivity index (χ1n) is 6.23. The van der Waals surface area contributed by atoms with Crippen molar-refractivity contribution in [1.29, 1.82) is 0 Å². The molecule has 0 bridgehead atoms. The van der Waals surface area contributed by atoms with Crippen molar-refractivity contribution in [3.05, 3.63) is 28.8 Å². The lowest BCUT2D eigenvalue weighted by Crippen LogP contribution is -2.16. The summed E-state index contributed by atoms with van der Waals surface area (Å²) in [4.78, 5) is 12.0. The lowest BCUT2D eigenvalue weighted by atomic mass is 9.83. The van der Waals surface area contributed by atoms with E-state index in [9.17, 15) is 4.79 Å². The van der Waals surface area contributed by atoms with E-state index < -0.39 is 0 Å². The molecule has 0 heterocycles. The van der Waals surface area contributed by atoms with E-state index in [4.69, 9.17) is 10.5 Å². The highest BCUT2D eigenvalue weighted by Crippen LogP contribution is 2.35. The van der Waals surface area contributed by atoms with Gasteiger partial charge in [0.25, 0.3) is 0 Å². The largest absolute Gasteiger partial charge is 0.496 e. The monoisotopic (exact) mass is 249 g/mol. The zero-order valence-corrected chi connectivity index (χ0v) is 12.0. The number of methoxy groups -OCH3 is 1. The van der Waals surface area contributed by atoms with Crippen molar-refractivity contribution in [3.8, 4) is 5.75 Å². The molecule has 18 heavy (non-hydrogen) atoms. The Morgan fingerprint density at radius 2 is 1.94 bits per heavy atom. The molecule has 0 aliphatic carbocycles. The van der Waals surface area contributed by atoms with Crippen molar-refractivity contribution in [3.63, 3.8) is 0 Å². The van der Waals surface area contributed by atoms with Crippen molar-refractivity contribution in [2.24, 2.45) is 5.73 Å². The van der Waals surface area contributed by atoms with Gasteiger partial charge in [0.05, 0.1) is 7.11 Å². The van der Waals surface area contributed by atoms with Gasteiger partial charge in [-0.15, -0.1) is 0 Å². The molecule has 1 aromatic rings. The first-order valence-corrected chi connectivity index (χ1v) is 6.23. The van der Waals surface area contributed by atoms with E-state index in [1.807, 2.05) is 19.1 Å². The lowest BCUT2D eigenvalue weighted by molar-refractivity contribution is 0.0985. The fourth-order valence-electron chi connectivity index (χ4n) is 2.04. The van der Waals surface area contributed by atoms with Gasteiger partial charge in [-0.25, -0.2) is 0 Å². The number of ether oxygens (including phenoxy) is 1. The van der Waals surface area contributed by atoms with Gasteiger partial charge in [-0.05, 0) is 36.6 Å². The Labute approximate surface area is 109 Å². The number of aryl methyl sites for hydroxylation is 1. The first kappa shape index (κ1) is 14.7. The van der Waals surface area contributed by atoms with E-state index in [1.165, 1.54) is 0 Å². The zero-order chi connectivity index (χ0) is 13.9. The van der Waals surface area contributed by atoms with Crippen LogP contribution in [0.15, 0.2) is 12.1 Å². The first-order chi connectivity index (χ1) is 8.31. The number of ketones is 1. The summed E-state index contributed by atoms with van der Waals surface area (Å²) in [5, 5.41) is 0. The summed E-state index contributed by atoms with van der Waals surface area (Å²) in [6.45, 7) is 8.69. The third-order valence-electron chi connectivity index (χ3n) is 2.98. The number of nitrogens with two attached hydrogens (primary N) is 1. The van der Waals surface area contributed by atoms with Crippen LogP contribution in [0.2, 0.25) is 0 Å². The molecule has 0 aliphatic rings. The predicted octanol–water partition coefficient (Wildman–Crippen LogP) is 2.83. The molecule has 3 heteroatoms. The van der Waals surface area contributed by atoms with Gasteiger partial charge in [0.1, 0.15) is 5.75 Å². The van der Waals surface area contributed by atoms with Crippen LogP contribution in [0.3, 0.4) is 0 Å². The lowest BCUT2D eigenvalue weighted by Gasteiger charge is -2.24. The maximum Gasteiger partial charge on any atom is 0.164 e. The quantitative estimate of drug-likeness (QED) is 0.835. The van der Waals surface area contributed by atoms with Gasteiger partial charge in [-0.3, -0.25) is 4.79 Å². The van der Waals surface area contributed by atoms with E-state index in [0.29, 0.717) is 13.0 Å². The minimum absolute atomic E-state index is 0.0604. The molecule has 0 aromatic heterocycles. The van der Waals surface area contributed by atoms with Crippen LogP contribution >= 0.6 is 0 Å². The normalized spacial score (nSPS) is 11.4. The van der Waals surface area contributed by atoms with Crippen LogP contribution in [-0.2, 0) is 5.41 Å². The molecule has 0 atom stereocenters. The van der Waals surface area contributed by atoms with E-state index in [2.05, 4.69) is 20.8 Å². The molecule has 0 amide bonds. The standard InChI is InChI=1S/C15H23NO2/c1-10-8-11(13(17)6-7-16)9-12(14(10)18-5)15(2,3)4/h8-9H,6-7,16H2,1-5H3. The van der Waals surface area contributed by atoms with Crippen LogP contribution in [0.1, 0.15) is 48.7 Å². The molecule has 1 rings (SSSR count). The van der Waals surface area contributed by atoms with Crippen molar-refractivity contribution in [2.75, 3.05) is 13.7 Å². The maximum absolute atomic E-state index is 12.0. The molecule has 0 aliphatic heterocycles. The maximum atomic E-state index is 12.0. The van der Waals surface area contributed by atoms with Crippen LogP contribution in [-0.4, -0.2) is 19.4 Å². The van der Waals surface area contributed by atoms with Crippen molar-refractivity contribution in [2.45, 2.75) is 39.5 Å². The Kier molecular flexibility index (Phi) is 4.52. The Morgan fingerprint density at radius 3 is 2.39 bits per heavy atom. The molecule has 2 N–H and O–H groups in total. The Hall–Kier alpha value is -1.35. The summed E-state index contributed by atoms with van der Waals surface area (Å²) >= 11 is 0. The van der Waals surface area contributed by atoms with E-state index >= 15 is 0 Å². The molecular formula is C15H23NO2. The molecule has 0 saturated carbocycles. The number of benzene rings is 1. The van der Waals surface area contributed by atoms with Crippen LogP contribution < -0.4 is 10.5 Å². The number of rotatable bonds is 4. The third-order valence-corrected chi connectivity index (χ3v) is 2.98. The summed E-state index contributed by atoms with van der Waals surface area (Å²) in [6, 6.07) is 3.82. The van der Waals surface area contributed by atoms with Gasteiger partial charge in [0.15, 0.2) is 5.78 Å². The molecule has 0 spiro atoms. The molecule has 100 valence electrons. The second-order valence-corrected chi connectivity index (χ2v) is 5.59. The van der Waals surface area contributed by atoms with Crippen LogP contribution in [0.4, 0.5) is 0 Å². The SMILES string of the molecule is COc1c(C)cc(C(=O)CCN)cc1C(C)(C)C. The highest BCUT2D eigenvalue weighted by molar-refractivity contribution is 5.96. The van der Waals surface area contributed by atoms with E-state index in [-0.39, 0.29) is 11.2 Å². The average molecular weight is 249 g/mol. The molecule has 3 nitrogen and oxygen atoms in total. The Bertz CT molecular complexity index is 445. The van der Waals surface area contributed by atoms with Crippen molar-refractivity contribution in [1.82, 2.24) is 0 Å². The summed E-state index contributed by atoms with van der Waals surface area (Å²) in [6.07, 6.45) is 0.384. The predicted molar refractivity (Wildman–Crippen MR) is 74.4 cm³/mol. The second kappa shape index (κ2) is 5.53. The molecule has 1 aromatic carbocycles. The Morgan fingerprint density at radius 1 is 1.33 bits per heavy atom. The van der Waals surface area contributed by atoms with Gasteiger partial charge in [-0.2, -0.15) is 0 Å². The highest BCUT2D eigenvalue weighted by Gasteiger charge is 2.22. The summed E-state index contributed by atoms with van der Waals surface area (Å²) in [7, 11) is 1.67. The average Bonchev–Trinajstić information content (AvgIpc) is 2.27. The summed E-state index contributed by atoms with van der Waals surface area (Å²) in [5.74, 6) is 0.959. The van der Waals surface area contributed by atoms with Crippen LogP contribution in [0.5, 0.6) is 5.75 Å². The number of Topliss-reactive ketones (excluding diaryl/α,β-unsaturated/α-hetero) is 1. The smallest absolute Gasteiger partial charge is 0.164 e. The molecule has 0 unspecified atom stereocenters. The number of carbonyl (C=O) groups is 1. The van der Waals surface area contributed by atoms with Gasteiger partial charge in [-0.1, -0.05) is 20.8 Å². The fraction of sp³-hybridized carbons (Fsp3) is 0.533. The van der Waals surface area contributed by atoms with E-state index in [1.54, 1.807) is 7.11 Å². The van der Waals surface area contributed by atoms with Gasteiger partial charge >= 0.3 is 0 Å². The summed E-state index contributed by atoms with van der Waals surface area (Å²) < 4.78 is 5.46. The topological polar surface area (TPSA) is 52.3 Å². The number of hydrogen-bond donors (Lipinski definition) is 1. The van der Waals surface area contributed by atoms with Gasteiger partial charge < -0.3 is 10.5 Å². The summed E-state index contributed by atoms with van der Waals surface area (Å²) in [5.41, 5.74) is 8.16. The van der Waals surface area contributed by atoms with Crippen molar-refractivity contribution < 1.29 is 9.53 Å². The minimum atomic E-state index is -0.0604. The highest BCUT2D eigenvalue weighted by atomic mass is 16.5. The van der Waals surface area contributed by atoms with Gasteiger partial charge in [0.2, 0.25) is 0 Å². The Balaban J connectivity index is 3.35. The second-order valence-electron chi connectivity index (χ2n) is 5.59. The van der Waals surface area contributed by atoms with Crippen LogP contribution in [0.25, 0.3) is 0 Å². The molecule has 0 saturated heterocycles. The zero-order valence-electron chi connectivity index (χ0n) is 12.0. The van der Waals surface area contributed by atoms with Gasteiger partial charge in [0, 0.05) is 17.5 Å². The minimum Gasteiger partial charge on any atom is -0.496 e. The fourth-order valence-corrected chi connectivity index (χ4v) is 2.04. The van der Waals surface area contributed by atoms with E-state index in [0.717, 1.165) is 22.4 Å². The third kappa shape index (κ3) is 3.10. The number of hydrogen-bond acceptors (Lipinski definition) is 3. The van der Waals surface area contributed by atoms with Crippen LogP contribution in [0, 0.1) is 6.92 Å². The number of carbonyl (C=O) groups excluding carboxylic acids is 1. The molecule has 0 radical (unpaired) electrons. The molecular weight excluding hydrogens is 226 g/mol. The molecule has 0 fully saturated rings.